The molecule has 4 N–H and O–H groups in total. The molecule has 152 valence electrons. The van der Waals surface area contributed by atoms with Crippen molar-refractivity contribution in [1.29, 1.82) is 0 Å². The molecule has 0 aliphatic heterocycles. The van der Waals surface area contributed by atoms with E-state index >= 15 is 0 Å². The molecule has 0 bridgehead atoms. The molecule has 4 nitrogen and oxygen atoms in total. The normalized spacial score (nSPS) is 42.4. The fourth-order valence-corrected chi connectivity index (χ4v) is 3.88. The minimum absolute atomic E-state index is 0.0129. The Labute approximate surface area is 163 Å². The second-order valence-electron chi connectivity index (χ2n) is 7.85. The van der Waals surface area contributed by atoms with Crippen molar-refractivity contribution in [2.24, 2.45) is 23.7 Å². The summed E-state index contributed by atoms with van der Waals surface area (Å²) in [7, 11) is 0. The molecular weight excluding hydrogens is 340 g/mol. The predicted octanol–water partition coefficient (Wildman–Crippen LogP) is 3.16. The first-order chi connectivity index (χ1) is 12.6. The summed E-state index contributed by atoms with van der Waals surface area (Å²) in [5.74, 6) is -0.0354. The topological polar surface area (TPSA) is 80.9 Å². The molecular formula is C23H36O4. The van der Waals surface area contributed by atoms with Gasteiger partial charge >= 0.3 is 0 Å². The molecule has 2 rings (SSSR count). The van der Waals surface area contributed by atoms with Crippen molar-refractivity contribution in [3.8, 4) is 0 Å². The summed E-state index contributed by atoms with van der Waals surface area (Å²) in [6.45, 7) is 18.7. The van der Waals surface area contributed by atoms with Crippen LogP contribution in [-0.2, 0) is 0 Å². The highest BCUT2D eigenvalue weighted by Gasteiger charge is 2.37. The van der Waals surface area contributed by atoms with Gasteiger partial charge in [0.15, 0.2) is 0 Å². The molecule has 2 aliphatic carbocycles. The van der Waals surface area contributed by atoms with Gasteiger partial charge in [-0.05, 0) is 17.6 Å². The van der Waals surface area contributed by atoms with E-state index in [4.69, 9.17) is 0 Å². The minimum Gasteiger partial charge on any atom is -0.392 e. The van der Waals surface area contributed by atoms with E-state index in [1.165, 1.54) is 0 Å². The van der Waals surface area contributed by atoms with Gasteiger partial charge in [0, 0.05) is 23.7 Å². The Hall–Kier alpha value is -1.46. The largest absolute Gasteiger partial charge is 0.392 e. The Bertz CT molecular complexity index is 603. The lowest BCUT2D eigenvalue weighted by atomic mass is 9.73. The Morgan fingerprint density at radius 1 is 0.815 bits per heavy atom. The molecule has 8 atom stereocenters. The van der Waals surface area contributed by atoms with Crippen molar-refractivity contribution in [3.63, 3.8) is 0 Å². The lowest BCUT2D eigenvalue weighted by Gasteiger charge is -2.38. The number of hydrogen-bond donors (Lipinski definition) is 4. The van der Waals surface area contributed by atoms with Gasteiger partial charge in [-0.15, -0.1) is 0 Å². The minimum atomic E-state index is -0.646. The van der Waals surface area contributed by atoms with Crippen LogP contribution in [0.3, 0.4) is 0 Å². The molecule has 0 aromatic rings. The molecule has 0 aromatic heterocycles. The van der Waals surface area contributed by atoms with Gasteiger partial charge in [-0.25, -0.2) is 0 Å². The summed E-state index contributed by atoms with van der Waals surface area (Å²) in [5, 5.41) is 39.1. The number of rotatable bonds is 2. The van der Waals surface area contributed by atoms with E-state index < -0.39 is 24.4 Å². The monoisotopic (exact) mass is 376 g/mol. The van der Waals surface area contributed by atoms with Gasteiger partial charge in [-0.2, -0.15) is 0 Å². The van der Waals surface area contributed by atoms with E-state index in [2.05, 4.69) is 19.7 Å². The first-order valence-electron chi connectivity index (χ1n) is 9.63. The van der Waals surface area contributed by atoms with Gasteiger partial charge in [-0.3, -0.25) is 0 Å². The van der Waals surface area contributed by atoms with Gasteiger partial charge in [0.05, 0.1) is 24.4 Å². The summed E-state index contributed by atoms with van der Waals surface area (Å²) >= 11 is 0. The Kier molecular flexibility index (Phi) is 8.89. The number of aliphatic hydroxyl groups is 4. The maximum absolute atomic E-state index is 9.86. The average molecular weight is 377 g/mol. The smallest absolute Gasteiger partial charge is 0.0837 e. The summed E-state index contributed by atoms with van der Waals surface area (Å²) in [6, 6.07) is 0. The first-order valence-corrected chi connectivity index (χ1v) is 9.63. The van der Waals surface area contributed by atoms with Crippen LogP contribution < -0.4 is 0 Å². The molecule has 2 aliphatic rings. The van der Waals surface area contributed by atoms with Crippen LogP contribution in [0, 0.1) is 23.7 Å². The van der Waals surface area contributed by atoms with Crippen molar-refractivity contribution in [1.82, 2.24) is 0 Å². The van der Waals surface area contributed by atoms with Gasteiger partial charge in [0.2, 0.25) is 0 Å². The van der Waals surface area contributed by atoms with E-state index in [0.29, 0.717) is 12.0 Å². The van der Waals surface area contributed by atoms with Crippen molar-refractivity contribution in [2.75, 3.05) is 0 Å². The number of allylic oxidation sites excluding steroid dienone is 4. The summed E-state index contributed by atoms with van der Waals surface area (Å²) in [6.07, 6.45) is 5.72. The van der Waals surface area contributed by atoms with Crippen molar-refractivity contribution >= 4 is 0 Å². The Morgan fingerprint density at radius 3 is 1.85 bits per heavy atom. The third-order valence-electron chi connectivity index (χ3n) is 6.08. The van der Waals surface area contributed by atoms with Crippen LogP contribution in [0.15, 0.2) is 60.8 Å². The lowest BCUT2D eigenvalue weighted by molar-refractivity contribution is -0.0208. The SMILES string of the molecule is C=C/C=C1\C(=C)[C@@H](O)[C@H](C)[C@H](O)[C@@H]1C.C=C/C=C1\C[C@@H](O)[C@H](C)[C@H](O)[C@@H]1C. The molecule has 0 aromatic carbocycles. The van der Waals surface area contributed by atoms with E-state index in [1.807, 2.05) is 39.8 Å². The van der Waals surface area contributed by atoms with Crippen LogP contribution in [0.5, 0.6) is 0 Å². The second kappa shape index (κ2) is 10.2. The molecule has 0 amide bonds. The van der Waals surface area contributed by atoms with Crippen molar-refractivity contribution < 1.29 is 20.4 Å². The van der Waals surface area contributed by atoms with Crippen LogP contribution in [0.25, 0.3) is 0 Å². The summed E-state index contributed by atoms with van der Waals surface area (Å²) < 4.78 is 0. The van der Waals surface area contributed by atoms with Gasteiger partial charge in [0.1, 0.15) is 0 Å². The zero-order valence-electron chi connectivity index (χ0n) is 17.0. The van der Waals surface area contributed by atoms with Crippen LogP contribution in [-0.4, -0.2) is 44.8 Å². The zero-order chi connectivity index (χ0) is 20.9. The van der Waals surface area contributed by atoms with Crippen molar-refractivity contribution in [2.45, 2.75) is 58.5 Å². The lowest BCUT2D eigenvalue weighted by Crippen LogP contribution is -2.41. The van der Waals surface area contributed by atoms with Crippen LogP contribution in [0.4, 0.5) is 0 Å². The molecule has 27 heavy (non-hydrogen) atoms. The zero-order valence-corrected chi connectivity index (χ0v) is 17.0. The number of hydrogen-bond acceptors (Lipinski definition) is 4. The third-order valence-corrected chi connectivity index (χ3v) is 6.08. The van der Waals surface area contributed by atoms with E-state index in [0.717, 1.165) is 11.1 Å². The first kappa shape index (κ1) is 23.6. The molecule has 0 saturated heterocycles. The number of aliphatic hydroxyl groups excluding tert-OH is 4. The molecule has 0 heterocycles. The maximum Gasteiger partial charge on any atom is 0.0837 e. The molecule has 2 saturated carbocycles. The third kappa shape index (κ3) is 5.29. The van der Waals surface area contributed by atoms with Crippen molar-refractivity contribution in [3.05, 3.63) is 60.8 Å². The highest BCUT2D eigenvalue weighted by molar-refractivity contribution is 5.39. The highest BCUT2D eigenvalue weighted by atomic mass is 16.3. The summed E-state index contributed by atoms with van der Waals surface area (Å²) in [4.78, 5) is 0. The molecule has 4 heteroatoms. The standard InChI is InChI=1S/C12H18O2.C11H18O2/c1-5-6-10-7(2)11(13)9(4)12(14)8(10)3;1-4-5-9-6-10(12)8(3)11(13)7(9)2/h5-6,8-9,11-14H,1-2H2,3-4H3;4-5,7-8,10-13H,1,6H2,2-3H3/b10-6+;9-5+/t8-,9+,11-,12-;7-,8+,10-,11-/m11/s1. The Morgan fingerprint density at radius 2 is 1.33 bits per heavy atom. The van der Waals surface area contributed by atoms with Crippen LogP contribution >= 0.6 is 0 Å². The highest BCUT2D eigenvalue weighted by Crippen LogP contribution is 2.36. The van der Waals surface area contributed by atoms with Gasteiger partial charge in [-0.1, -0.05) is 77.3 Å². The maximum atomic E-state index is 9.86. The Balaban J connectivity index is 0.000000271. The molecule has 0 radical (unpaired) electrons. The van der Waals surface area contributed by atoms with Crippen LogP contribution in [0.1, 0.15) is 34.1 Å². The average Bonchev–Trinajstić information content (AvgIpc) is 2.65. The fourth-order valence-electron chi connectivity index (χ4n) is 3.88. The van der Waals surface area contributed by atoms with E-state index in [9.17, 15) is 20.4 Å². The van der Waals surface area contributed by atoms with E-state index in [1.54, 1.807) is 12.2 Å². The van der Waals surface area contributed by atoms with Crippen LogP contribution in [0.2, 0.25) is 0 Å². The molecule has 0 spiro atoms. The fraction of sp³-hybridized carbons (Fsp3) is 0.565. The van der Waals surface area contributed by atoms with E-state index in [-0.39, 0.29) is 23.7 Å². The molecule has 0 unspecified atom stereocenters. The summed E-state index contributed by atoms with van der Waals surface area (Å²) in [5.41, 5.74) is 2.70. The molecule has 2 fully saturated rings. The van der Waals surface area contributed by atoms with Gasteiger partial charge < -0.3 is 20.4 Å². The second-order valence-corrected chi connectivity index (χ2v) is 7.85. The predicted molar refractivity (Wildman–Crippen MR) is 111 cm³/mol. The van der Waals surface area contributed by atoms with Gasteiger partial charge in [0.25, 0.3) is 0 Å². The quantitative estimate of drug-likeness (QED) is 0.597.